The number of benzene rings is 1. The van der Waals surface area contributed by atoms with Crippen molar-refractivity contribution >= 4 is 0 Å². The minimum Gasteiger partial charge on any atom is -0.496 e. The molecule has 0 aliphatic rings. The molecule has 0 bridgehead atoms. The van der Waals surface area contributed by atoms with Crippen LogP contribution >= 0.6 is 0 Å². The molecule has 2 N–H and O–H groups in total. The second-order valence-electron chi connectivity index (χ2n) is 5.98. The Morgan fingerprint density at radius 2 is 1.95 bits per heavy atom. The van der Waals surface area contributed by atoms with Crippen LogP contribution in [0.1, 0.15) is 39.7 Å². The van der Waals surface area contributed by atoms with Crippen molar-refractivity contribution in [2.24, 2.45) is 5.73 Å². The van der Waals surface area contributed by atoms with Crippen molar-refractivity contribution in [3.8, 4) is 5.75 Å². The standard InChI is InChI=1S/C17H30N2O/c1-6-11-19(14(2)3)17(4,13-18)12-15-9-7-8-10-16(15)20-5/h7-10,14H,6,11-13,18H2,1-5H3. The van der Waals surface area contributed by atoms with Gasteiger partial charge in [-0.05, 0) is 51.8 Å². The first-order valence-electron chi connectivity index (χ1n) is 7.57. The molecule has 0 fully saturated rings. The van der Waals surface area contributed by atoms with E-state index >= 15 is 0 Å². The highest BCUT2D eigenvalue weighted by Gasteiger charge is 2.32. The first-order chi connectivity index (χ1) is 9.48. The Morgan fingerprint density at radius 1 is 1.30 bits per heavy atom. The number of nitrogens with zero attached hydrogens (tertiary/aromatic N) is 1. The zero-order valence-electron chi connectivity index (χ0n) is 13.6. The van der Waals surface area contributed by atoms with Crippen LogP contribution in [0.25, 0.3) is 0 Å². The minimum atomic E-state index is -0.0428. The molecule has 1 aromatic carbocycles. The maximum absolute atomic E-state index is 6.13. The minimum absolute atomic E-state index is 0.0428. The zero-order valence-corrected chi connectivity index (χ0v) is 13.6. The Morgan fingerprint density at radius 3 is 2.45 bits per heavy atom. The second kappa shape index (κ2) is 7.65. The van der Waals surface area contributed by atoms with Crippen molar-refractivity contribution < 1.29 is 4.74 Å². The number of nitrogens with two attached hydrogens (primary N) is 1. The molecular weight excluding hydrogens is 248 g/mol. The van der Waals surface area contributed by atoms with Crippen molar-refractivity contribution in [2.75, 3.05) is 20.2 Å². The van der Waals surface area contributed by atoms with Gasteiger partial charge in [-0.3, -0.25) is 4.90 Å². The van der Waals surface area contributed by atoms with E-state index in [1.54, 1.807) is 7.11 Å². The molecule has 3 nitrogen and oxygen atoms in total. The summed E-state index contributed by atoms with van der Waals surface area (Å²) in [6.07, 6.45) is 2.05. The van der Waals surface area contributed by atoms with E-state index in [2.05, 4.69) is 44.7 Å². The summed E-state index contributed by atoms with van der Waals surface area (Å²) in [7, 11) is 1.73. The summed E-state index contributed by atoms with van der Waals surface area (Å²) in [5.74, 6) is 0.951. The highest BCUT2D eigenvalue weighted by atomic mass is 16.5. The van der Waals surface area contributed by atoms with Gasteiger partial charge in [0.25, 0.3) is 0 Å². The molecule has 1 aromatic rings. The lowest BCUT2D eigenvalue weighted by atomic mass is 9.89. The van der Waals surface area contributed by atoms with Gasteiger partial charge in [0.1, 0.15) is 5.75 Å². The third-order valence-corrected chi connectivity index (χ3v) is 3.98. The lowest BCUT2D eigenvalue weighted by Crippen LogP contribution is -2.56. The predicted molar refractivity (Wildman–Crippen MR) is 86.3 cm³/mol. The molecule has 0 saturated heterocycles. The van der Waals surface area contributed by atoms with Gasteiger partial charge in [-0.2, -0.15) is 0 Å². The number of rotatable bonds is 8. The summed E-state index contributed by atoms with van der Waals surface area (Å²) in [6, 6.07) is 8.71. The number of ether oxygens (including phenoxy) is 1. The highest BCUT2D eigenvalue weighted by Crippen LogP contribution is 2.27. The molecule has 0 aliphatic heterocycles. The van der Waals surface area contributed by atoms with Crippen LogP contribution in [0, 0.1) is 0 Å². The van der Waals surface area contributed by atoms with Crippen LogP contribution in [0.4, 0.5) is 0 Å². The first kappa shape index (κ1) is 17.0. The molecule has 0 aliphatic carbocycles. The van der Waals surface area contributed by atoms with Crippen molar-refractivity contribution in [1.29, 1.82) is 0 Å². The number of hydrogen-bond donors (Lipinski definition) is 1. The molecule has 114 valence electrons. The molecule has 3 heteroatoms. The topological polar surface area (TPSA) is 38.5 Å². The largest absolute Gasteiger partial charge is 0.496 e. The SMILES string of the molecule is CCCN(C(C)C)C(C)(CN)Cc1ccccc1OC. The summed E-state index contributed by atoms with van der Waals surface area (Å²) in [4.78, 5) is 2.51. The third kappa shape index (κ3) is 3.97. The summed E-state index contributed by atoms with van der Waals surface area (Å²) in [6.45, 7) is 10.7. The molecule has 0 amide bonds. The lowest BCUT2D eigenvalue weighted by molar-refractivity contribution is 0.0753. The van der Waals surface area contributed by atoms with E-state index in [4.69, 9.17) is 10.5 Å². The number of para-hydroxylation sites is 1. The average molecular weight is 278 g/mol. The van der Waals surface area contributed by atoms with Crippen LogP contribution in [0.3, 0.4) is 0 Å². The smallest absolute Gasteiger partial charge is 0.122 e. The molecule has 1 rings (SSSR count). The van der Waals surface area contributed by atoms with Gasteiger partial charge in [-0.1, -0.05) is 25.1 Å². The molecule has 0 radical (unpaired) electrons. The molecular formula is C17H30N2O. The van der Waals surface area contributed by atoms with Gasteiger partial charge < -0.3 is 10.5 Å². The molecule has 1 atom stereocenters. The van der Waals surface area contributed by atoms with Crippen LogP contribution < -0.4 is 10.5 Å². The van der Waals surface area contributed by atoms with Gasteiger partial charge >= 0.3 is 0 Å². The fraction of sp³-hybridized carbons (Fsp3) is 0.647. The van der Waals surface area contributed by atoms with Crippen LogP contribution in [-0.2, 0) is 6.42 Å². The predicted octanol–water partition coefficient (Wildman–Crippen LogP) is 3.08. The van der Waals surface area contributed by atoms with Crippen molar-refractivity contribution in [3.63, 3.8) is 0 Å². The maximum atomic E-state index is 6.13. The van der Waals surface area contributed by atoms with E-state index in [-0.39, 0.29) is 5.54 Å². The van der Waals surface area contributed by atoms with Gasteiger partial charge in [0.05, 0.1) is 7.11 Å². The Labute approximate surface area is 124 Å². The van der Waals surface area contributed by atoms with Gasteiger partial charge in [0.2, 0.25) is 0 Å². The van der Waals surface area contributed by atoms with Crippen molar-refractivity contribution in [1.82, 2.24) is 4.90 Å². The van der Waals surface area contributed by atoms with Gasteiger partial charge in [-0.25, -0.2) is 0 Å². The summed E-state index contributed by atoms with van der Waals surface area (Å²) < 4.78 is 5.48. The number of hydrogen-bond acceptors (Lipinski definition) is 3. The quantitative estimate of drug-likeness (QED) is 0.794. The van der Waals surface area contributed by atoms with E-state index in [9.17, 15) is 0 Å². The number of methoxy groups -OCH3 is 1. The van der Waals surface area contributed by atoms with E-state index in [1.807, 2.05) is 12.1 Å². The van der Waals surface area contributed by atoms with E-state index < -0.39 is 0 Å². The van der Waals surface area contributed by atoms with E-state index in [0.29, 0.717) is 12.6 Å². The summed E-state index contributed by atoms with van der Waals surface area (Å²) in [5, 5.41) is 0. The van der Waals surface area contributed by atoms with Gasteiger partial charge in [-0.15, -0.1) is 0 Å². The average Bonchev–Trinajstić information content (AvgIpc) is 2.44. The van der Waals surface area contributed by atoms with Gasteiger partial charge in [0.15, 0.2) is 0 Å². The van der Waals surface area contributed by atoms with Gasteiger partial charge in [0, 0.05) is 18.1 Å². The Kier molecular flexibility index (Phi) is 6.50. The Hall–Kier alpha value is -1.06. The Balaban J connectivity index is 3.03. The molecule has 0 aromatic heterocycles. The molecule has 0 spiro atoms. The summed E-state index contributed by atoms with van der Waals surface area (Å²) in [5.41, 5.74) is 7.32. The first-order valence-corrected chi connectivity index (χ1v) is 7.57. The lowest BCUT2D eigenvalue weighted by Gasteiger charge is -2.43. The second-order valence-corrected chi connectivity index (χ2v) is 5.98. The zero-order chi connectivity index (χ0) is 15.2. The summed E-state index contributed by atoms with van der Waals surface area (Å²) >= 11 is 0. The van der Waals surface area contributed by atoms with Crippen LogP contribution in [-0.4, -0.2) is 36.7 Å². The molecule has 20 heavy (non-hydrogen) atoms. The monoisotopic (exact) mass is 278 g/mol. The van der Waals surface area contributed by atoms with Crippen LogP contribution in [0.2, 0.25) is 0 Å². The highest BCUT2D eigenvalue weighted by molar-refractivity contribution is 5.34. The van der Waals surface area contributed by atoms with Crippen molar-refractivity contribution in [3.05, 3.63) is 29.8 Å². The molecule has 0 saturated carbocycles. The normalized spacial score (nSPS) is 14.6. The van der Waals surface area contributed by atoms with Crippen LogP contribution in [0.5, 0.6) is 5.75 Å². The Bertz CT molecular complexity index is 406. The van der Waals surface area contributed by atoms with E-state index in [1.165, 1.54) is 5.56 Å². The fourth-order valence-electron chi connectivity index (χ4n) is 2.94. The fourth-order valence-corrected chi connectivity index (χ4v) is 2.94. The third-order valence-electron chi connectivity index (χ3n) is 3.98. The van der Waals surface area contributed by atoms with Crippen LogP contribution in [0.15, 0.2) is 24.3 Å². The van der Waals surface area contributed by atoms with Crippen molar-refractivity contribution in [2.45, 2.75) is 52.1 Å². The molecule has 1 unspecified atom stereocenters. The molecule has 0 heterocycles. The maximum Gasteiger partial charge on any atom is 0.122 e. The van der Waals surface area contributed by atoms with E-state index in [0.717, 1.165) is 25.1 Å².